The Morgan fingerprint density at radius 3 is 2.54 bits per heavy atom. The topological polar surface area (TPSA) is 116 Å². The number of amides is 1. The number of ether oxygens (including phenoxy) is 2. The van der Waals surface area contributed by atoms with Gasteiger partial charge in [0.2, 0.25) is 0 Å². The van der Waals surface area contributed by atoms with Crippen LogP contribution in [0.3, 0.4) is 0 Å². The van der Waals surface area contributed by atoms with E-state index in [2.05, 4.69) is 15.6 Å². The summed E-state index contributed by atoms with van der Waals surface area (Å²) in [5, 5.41) is 20.9. The van der Waals surface area contributed by atoms with Gasteiger partial charge in [-0.3, -0.25) is 0 Å². The van der Waals surface area contributed by atoms with Gasteiger partial charge < -0.3 is 0 Å². The Bertz CT molecular complexity index is 1180. The molecule has 2 N–H and O–H groups in total. The number of hydrogen-bond acceptors (Lipinski definition) is 6. The van der Waals surface area contributed by atoms with Crippen molar-refractivity contribution in [3.8, 4) is 11.1 Å². The Morgan fingerprint density at radius 2 is 1.92 bits per heavy atom. The van der Waals surface area contributed by atoms with Gasteiger partial charge in [-0.25, -0.2) is 0 Å². The molecule has 9 nitrogen and oxygen atoms in total. The van der Waals surface area contributed by atoms with Gasteiger partial charge in [0.15, 0.2) is 0 Å². The molecule has 1 fully saturated rings. The molecule has 1 aromatic heterocycles. The molecular formula is C27H31N4O5Te. The summed E-state index contributed by atoms with van der Waals surface area (Å²) >= 11 is 1.61. The van der Waals surface area contributed by atoms with Gasteiger partial charge in [0.05, 0.1) is 0 Å². The van der Waals surface area contributed by atoms with Crippen LogP contribution in [0.2, 0.25) is 0 Å². The van der Waals surface area contributed by atoms with Crippen molar-refractivity contribution in [3.05, 3.63) is 72.1 Å². The molecule has 1 amide bonds. The summed E-state index contributed by atoms with van der Waals surface area (Å²) in [6.07, 6.45) is 4.47. The summed E-state index contributed by atoms with van der Waals surface area (Å²) in [7, 11) is 0. The zero-order chi connectivity index (χ0) is 26.3. The van der Waals surface area contributed by atoms with Crippen LogP contribution in [0.1, 0.15) is 48.7 Å². The van der Waals surface area contributed by atoms with Crippen molar-refractivity contribution in [3.63, 3.8) is 0 Å². The second-order valence-electron chi connectivity index (χ2n) is 9.62. The van der Waals surface area contributed by atoms with Crippen LogP contribution in [0.15, 0.2) is 60.8 Å². The van der Waals surface area contributed by atoms with E-state index in [9.17, 15) is 14.7 Å². The molecule has 10 heteroatoms. The number of aliphatic carboxylic acids is 1. The van der Waals surface area contributed by atoms with E-state index in [1.807, 2.05) is 54.6 Å². The van der Waals surface area contributed by atoms with Crippen LogP contribution in [0.25, 0.3) is 11.1 Å². The van der Waals surface area contributed by atoms with E-state index in [4.69, 9.17) is 9.47 Å². The van der Waals surface area contributed by atoms with Crippen LogP contribution in [-0.4, -0.2) is 78.3 Å². The van der Waals surface area contributed by atoms with Crippen LogP contribution in [0, 0.1) is 5.41 Å². The summed E-state index contributed by atoms with van der Waals surface area (Å²) in [5.41, 5.74) is 2.13. The standard InChI is InChI=1S/C27H31N4O5Te/c1-27(26(33)34,18-36-24-9-5-6-14-35-24)16-22(28-25(32)23-17-31(37)30-29-23)15-19-10-12-21(13-11-19)20-7-3-2-4-8-20/h2-4,7-8,10-13,17,22,24H,5-6,9,14-16,18H2,1H3,(H,28,32)(H,33,34)/t22-,24?,27+/m1/s1. The quantitative estimate of drug-likeness (QED) is 0.317. The zero-order valence-electron chi connectivity index (χ0n) is 20.7. The van der Waals surface area contributed by atoms with E-state index in [0.717, 1.165) is 36.0 Å². The molecule has 0 aliphatic carbocycles. The van der Waals surface area contributed by atoms with Gasteiger partial charge in [-0.2, -0.15) is 0 Å². The molecule has 1 unspecified atom stereocenters. The van der Waals surface area contributed by atoms with E-state index in [1.54, 1.807) is 29.5 Å². The number of rotatable bonds is 11. The number of aromatic nitrogens is 3. The molecule has 3 aromatic rings. The molecule has 0 spiro atoms. The van der Waals surface area contributed by atoms with E-state index in [1.165, 1.54) is 9.13 Å². The second-order valence-corrected chi connectivity index (χ2v) is 10.7. The molecular weight excluding hydrogens is 588 g/mol. The van der Waals surface area contributed by atoms with Gasteiger partial charge in [0.1, 0.15) is 0 Å². The van der Waals surface area contributed by atoms with Gasteiger partial charge in [0.25, 0.3) is 0 Å². The fraction of sp³-hybridized carbons (Fsp3) is 0.407. The summed E-state index contributed by atoms with van der Waals surface area (Å²) in [4.78, 5) is 25.3. The molecule has 1 radical (unpaired) electrons. The molecule has 3 atom stereocenters. The van der Waals surface area contributed by atoms with Crippen molar-refractivity contribution in [1.29, 1.82) is 0 Å². The fourth-order valence-corrected chi connectivity index (χ4v) is 4.79. The van der Waals surface area contributed by atoms with Gasteiger partial charge in [-0.05, 0) is 12.8 Å². The molecule has 2 heterocycles. The molecule has 4 rings (SSSR count). The van der Waals surface area contributed by atoms with Crippen molar-refractivity contribution in [2.24, 2.45) is 5.41 Å². The second kappa shape index (κ2) is 12.7. The molecule has 1 aliphatic rings. The van der Waals surface area contributed by atoms with Crippen molar-refractivity contribution in [2.45, 2.75) is 51.4 Å². The monoisotopic (exact) mass is 621 g/mol. The van der Waals surface area contributed by atoms with Crippen molar-refractivity contribution >= 4 is 34.4 Å². The first-order chi connectivity index (χ1) is 17.8. The Hall–Kier alpha value is -2.77. The average Bonchev–Trinajstić information content (AvgIpc) is 3.35. The number of carbonyl (C=O) groups excluding carboxylic acids is 1. The van der Waals surface area contributed by atoms with Crippen molar-refractivity contribution in [2.75, 3.05) is 13.2 Å². The number of carboxylic acids is 1. The molecule has 1 saturated heterocycles. The Balaban J connectivity index is 1.51. The first kappa shape index (κ1) is 27.3. The summed E-state index contributed by atoms with van der Waals surface area (Å²) in [5.74, 6) is -1.38. The molecule has 0 saturated carbocycles. The number of nitrogens with zero attached hydrogens (tertiary/aromatic N) is 3. The minimum absolute atomic E-state index is 0.0160. The predicted molar refractivity (Wildman–Crippen MR) is 138 cm³/mol. The van der Waals surface area contributed by atoms with Crippen molar-refractivity contribution in [1.82, 2.24) is 18.6 Å². The Morgan fingerprint density at radius 1 is 1.19 bits per heavy atom. The van der Waals surface area contributed by atoms with Crippen molar-refractivity contribution < 1.29 is 24.2 Å². The number of carboxylic acid groups (broad SMARTS) is 1. The predicted octanol–water partition coefficient (Wildman–Crippen LogP) is 3.24. The normalized spacial score (nSPS) is 18.0. The van der Waals surface area contributed by atoms with E-state index in [0.29, 0.717) is 13.0 Å². The fourth-order valence-electron chi connectivity index (χ4n) is 4.41. The van der Waals surface area contributed by atoms with E-state index >= 15 is 0 Å². The van der Waals surface area contributed by atoms with Gasteiger partial charge >= 0.3 is 181 Å². The van der Waals surface area contributed by atoms with Gasteiger partial charge in [0, 0.05) is 6.61 Å². The first-order valence-corrected chi connectivity index (χ1v) is 13.4. The van der Waals surface area contributed by atoms with Gasteiger partial charge in [-0.15, -0.1) is 0 Å². The average molecular weight is 619 g/mol. The molecule has 2 aromatic carbocycles. The number of carbonyl (C=O) groups is 2. The third-order valence-electron chi connectivity index (χ3n) is 6.52. The number of nitrogens with one attached hydrogen (secondary N) is 1. The number of benzene rings is 2. The van der Waals surface area contributed by atoms with E-state index in [-0.39, 0.29) is 18.7 Å². The maximum absolute atomic E-state index is 12.9. The van der Waals surface area contributed by atoms with Crippen LogP contribution >= 0.6 is 0 Å². The molecule has 0 bridgehead atoms. The third-order valence-corrected chi connectivity index (χ3v) is 7.03. The SMILES string of the molecule is C[C@@](COC1CCCCO1)(C[C@@H](Cc1ccc(-c2ccccc2)cc1)NC(=O)c1cn([Te])nn1)C(=O)O. The Labute approximate surface area is 229 Å². The summed E-state index contributed by atoms with van der Waals surface area (Å²) in [6, 6.07) is 17.7. The molecule has 1 aliphatic heterocycles. The summed E-state index contributed by atoms with van der Waals surface area (Å²) in [6.45, 7) is 2.25. The minimum atomic E-state index is -1.23. The third kappa shape index (κ3) is 7.62. The van der Waals surface area contributed by atoms with Crippen LogP contribution in [-0.2, 0) is 20.7 Å². The van der Waals surface area contributed by atoms with Gasteiger partial charge in [-0.1, -0.05) is 30.3 Å². The van der Waals surface area contributed by atoms with Crippen LogP contribution in [0.4, 0.5) is 0 Å². The molecule has 195 valence electrons. The summed E-state index contributed by atoms with van der Waals surface area (Å²) < 4.78 is 13.0. The van der Waals surface area contributed by atoms with Crippen LogP contribution < -0.4 is 5.32 Å². The van der Waals surface area contributed by atoms with E-state index < -0.39 is 29.6 Å². The first-order valence-electron chi connectivity index (χ1n) is 12.3. The zero-order valence-corrected chi connectivity index (χ0v) is 23.0. The van der Waals surface area contributed by atoms with Crippen LogP contribution in [0.5, 0.6) is 0 Å². The maximum atomic E-state index is 12.9. The number of hydrogen-bond donors (Lipinski definition) is 2. The Kier molecular flexibility index (Phi) is 9.33. The molecule has 37 heavy (non-hydrogen) atoms.